The molecular weight excluding hydrogens is 226 g/mol. The van der Waals surface area contributed by atoms with E-state index in [4.69, 9.17) is 10.00 Å². The maximum absolute atomic E-state index is 9.23. The highest BCUT2D eigenvalue weighted by molar-refractivity contribution is 5.48. The lowest BCUT2D eigenvalue weighted by molar-refractivity contribution is 0.276. The van der Waals surface area contributed by atoms with E-state index in [1.165, 1.54) is 0 Å². The Morgan fingerprint density at radius 2 is 1.94 bits per heavy atom. The predicted molar refractivity (Wildman–Crippen MR) is 68.3 cm³/mol. The molecule has 2 rings (SSSR count). The molecule has 0 amide bonds. The number of rotatable bonds is 3. The molecule has 0 atom stereocenters. The topological polar surface area (TPSA) is 53.2 Å². The van der Waals surface area contributed by atoms with Crippen LogP contribution in [0.25, 0.3) is 0 Å². The summed E-state index contributed by atoms with van der Waals surface area (Å²) in [6.45, 7) is 1.84. The van der Waals surface area contributed by atoms with E-state index < -0.39 is 0 Å². The summed E-state index contributed by atoms with van der Waals surface area (Å²) in [4.78, 5) is 0. The van der Waals surface area contributed by atoms with Crippen LogP contribution in [0.5, 0.6) is 11.5 Å². The molecule has 1 N–H and O–H groups in total. The van der Waals surface area contributed by atoms with Crippen LogP contribution in [0.4, 0.5) is 0 Å². The first-order valence-electron chi connectivity index (χ1n) is 5.62. The zero-order valence-electron chi connectivity index (χ0n) is 10.1. The van der Waals surface area contributed by atoms with E-state index in [1.54, 1.807) is 18.2 Å². The molecule has 0 aliphatic rings. The quantitative estimate of drug-likeness (QED) is 0.895. The van der Waals surface area contributed by atoms with Crippen LogP contribution in [0.2, 0.25) is 0 Å². The molecule has 0 heterocycles. The summed E-state index contributed by atoms with van der Waals surface area (Å²) in [6.07, 6.45) is 0. The first kappa shape index (κ1) is 12.2. The Kier molecular flexibility index (Phi) is 3.61. The van der Waals surface area contributed by atoms with Gasteiger partial charge in [-0.3, -0.25) is 0 Å². The number of benzene rings is 2. The minimum absolute atomic E-state index is 0.0934. The number of hydrogen-bond donors (Lipinski definition) is 1. The highest BCUT2D eigenvalue weighted by Gasteiger charge is 2.07. The van der Waals surface area contributed by atoms with E-state index in [9.17, 15) is 5.11 Å². The lowest BCUT2D eigenvalue weighted by Crippen LogP contribution is -1.93. The standard InChI is InChI=1S/C15H13NO2/c1-11-6-7-12(9-16)15(8-11)18-14-5-3-2-4-13(14)10-17/h2-8,17H,10H2,1H3. The van der Waals surface area contributed by atoms with Gasteiger partial charge in [0.15, 0.2) is 0 Å². The lowest BCUT2D eigenvalue weighted by Gasteiger charge is -2.11. The predicted octanol–water partition coefficient (Wildman–Crippen LogP) is 3.15. The van der Waals surface area contributed by atoms with Crippen LogP contribution in [0, 0.1) is 18.3 Å². The first-order chi connectivity index (χ1) is 8.74. The fourth-order valence-corrected chi connectivity index (χ4v) is 1.66. The summed E-state index contributed by atoms with van der Waals surface area (Å²) < 4.78 is 5.72. The monoisotopic (exact) mass is 239 g/mol. The smallest absolute Gasteiger partial charge is 0.145 e. The van der Waals surface area contributed by atoms with Gasteiger partial charge in [-0.15, -0.1) is 0 Å². The van der Waals surface area contributed by atoms with E-state index in [0.717, 1.165) is 5.56 Å². The van der Waals surface area contributed by atoms with E-state index in [1.807, 2.05) is 31.2 Å². The average Bonchev–Trinajstić information content (AvgIpc) is 2.40. The van der Waals surface area contributed by atoms with Crippen LogP contribution in [0.15, 0.2) is 42.5 Å². The number of aliphatic hydroxyl groups excluding tert-OH is 1. The van der Waals surface area contributed by atoms with Crippen molar-refractivity contribution in [3.05, 3.63) is 59.2 Å². The summed E-state index contributed by atoms with van der Waals surface area (Å²) >= 11 is 0. The normalized spacial score (nSPS) is 9.83. The van der Waals surface area contributed by atoms with Crippen molar-refractivity contribution in [1.82, 2.24) is 0 Å². The van der Waals surface area contributed by atoms with Gasteiger partial charge in [0.1, 0.15) is 17.6 Å². The zero-order chi connectivity index (χ0) is 13.0. The maximum Gasteiger partial charge on any atom is 0.145 e. The van der Waals surface area contributed by atoms with Crippen molar-refractivity contribution in [3.63, 3.8) is 0 Å². The second-order valence-electron chi connectivity index (χ2n) is 3.98. The molecule has 90 valence electrons. The van der Waals surface area contributed by atoms with Crippen molar-refractivity contribution in [1.29, 1.82) is 5.26 Å². The third kappa shape index (κ3) is 2.50. The van der Waals surface area contributed by atoms with E-state index in [-0.39, 0.29) is 6.61 Å². The van der Waals surface area contributed by atoms with Crippen LogP contribution < -0.4 is 4.74 Å². The SMILES string of the molecule is Cc1ccc(C#N)c(Oc2ccccc2CO)c1. The van der Waals surface area contributed by atoms with Crippen LogP contribution in [-0.4, -0.2) is 5.11 Å². The van der Waals surface area contributed by atoms with Gasteiger partial charge in [0.25, 0.3) is 0 Å². The molecule has 0 saturated heterocycles. The Morgan fingerprint density at radius 3 is 2.67 bits per heavy atom. The third-order valence-electron chi connectivity index (χ3n) is 2.62. The van der Waals surface area contributed by atoms with Crippen LogP contribution >= 0.6 is 0 Å². The van der Waals surface area contributed by atoms with Crippen molar-refractivity contribution in [3.8, 4) is 17.6 Å². The van der Waals surface area contributed by atoms with Crippen LogP contribution in [0.3, 0.4) is 0 Å². The Hall–Kier alpha value is -2.31. The van der Waals surface area contributed by atoms with Gasteiger partial charge in [0, 0.05) is 5.56 Å². The molecule has 3 nitrogen and oxygen atoms in total. The number of para-hydroxylation sites is 1. The fraction of sp³-hybridized carbons (Fsp3) is 0.133. The summed E-state index contributed by atoms with van der Waals surface area (Å²) in [6, 6.07) is 14.7. The zero-order valence-corrected chi connectivity index (χ0v) is 10.1. The number of nitriles is 1. The number of nitrogens with zero attached hydrogens (tertiary/aromatic N) is 1. The summed E-state index contributed by atoms with van der Waals surface area (Å²) in [5, 5.41) is 18.3. The molecule has 2 aromatic carbocycles. The Bertz CT molecular complexity index is 600. The highest BCUT2D eigenvalue weighted by Crippen LogP contribution is 2.28. The van der Waals surface area contributed by atoms with Gasteiger partial charge in [-0.1, -0.05) is 24.3 Å². The van der Waals surface area contributed by atoms with Gasteiger partial charge in [0.2, 0.25) is 0 Å². The van der Waals surface area contributed by atoms with Gasteiger partial charge in [0.05, 0.1) is 12.2 Å². The maximum atomic E-state index is 9.23. The molecule has 2 aromatic rings. The van der Waals surface area contributed by atoms with Gasteiger partial charge >= 0.3 is 0 Å². The summed E-state index contributed by atoms with van der Waals surface area (Å²) in [5.74, 6) is 1.08. The van der Waals surface area contributed by atoms with Crippen molar-refractivity contribution >= 4 is 0 Å². The minimum atomic E-state index is -0.0934. The molecule has 0 fully saturated rings. The number of aryl methyl sites for hydroxylation is 1. The second-order valence-corrected chi connectivity index (χ2v) is 3.98. The van der Waals surface area contributed by atoms with Crippen molar-refractivity contribution in [2.45, 2.75) is 13.5 Å². The molecular formula is C15H13NO2. The molecule has 0 unspecified atom stereocenters. The molecule has 0 aliphatic heterocycles. The Labute approximate surface area is 106 Å². The molecule has 0 aromatic heterocycles. The third-order valence-corrected chi connectivity index (χ3v) is 2.62. The summed E-state index contributed by atoms with van der Waals surface area (Å²) in [7, 11) is 0. The molecule has 0 spiro atoms. The van der Waals surface area contributed by atoms with Gasteiger partial charge in [-0.05, 0) is 30.7 Å². The van der Waals surface area contributed by atoms with Gasteiger partial charge < -0.3 is 9.84 Å². The lowest BCUT2D eigenvalue weighted by atomic mass is 10.1. The van der Waals surface area contributed by atoms with Gasteiger partial charge in [-0.25, -0.2) is 0 Å². The number of aliphatic hydroxyl groups is 1. The molecule has 3 heteroatoms. The largest absolute Gasteiger partial charge is 0.456 e. The van der Waals surface area contributed by atoms with Gasteiger partial charge in [-0.2, -0.15) is 5.26 Å². The molecule has 0 bridgehead atoms. The number of ether oxygens (including phenoxy) is 1. The van der Waals surface area contributed by atoms with E-state index in [0.29, 0.717) is 22.6 Å². The van der Waals surface area contributed by atoms with Crippen LogP contribution in [-0.2, 0) is 6.61 Å². The average molecular weight is 239 g/mol. The van der Waals surface area contributed by atoms with Crippen LogP contribution in [0.1, 0.15) is 16.7 Å². The fourth-order valence-electron chi connectivity index (χ4n) is 1.66. The molecule has 0 aliphatic carbocycles. The molecule has 0 saturated carbocycles. The van der Waals surface area contributed by atoms with Crippen molar-refractivity contribution in [2.24, 2.45) is 0 Å². The van der Waals surface area contributed by atoms with Crippen molar-refractivity contribution < 1.29 is 9.84 Å². The Balaban J connectivity index is 2.40. The minimum Gasteiger partial charge on any atom is -0.456 e. The first-order valence-corrected chi connectivity index (χ1v) is 5.62. The number of hydrogen-bond acceptors (Lipinski definition) is 3. The molecule has 0 radical (unpaired) electrons. The Morgan fingerprint density at radius 1 is 1.17 bits per heavy atom. The molecule has 18 heavy (non-hydrogen) atoms. The highest BCUT2D eigenvalue weighted by atomic mass is 16.5. The van der Waals surface area contributed by atoms with Crippen molar-refractivity contribution in [2.75, 3.05) is 0 Å². The second kappa shape index (κ2) is 5.35. The van der Waals surface area contributed by atoms with E-state index >= 15 is 0 Å². The summed E-state index contributed by atoms with van der Waals surface area (Å²) in [5.41, 5.74) is 2.20. The van der Waals surface area contributed by atoms with E-state index in [2.05, 4.69) is 6.07 Å².